The van der Waals surface area contributed by atoms with E-state index in [1.54, 1.807) is 13.2 Å². The molecular weight excluding hydrogens is 245 g/mol. The molecular formula is C12H17Cl2NO. The lowest BCUT2D eigenvalue weighted by atomic mass is 10.2. The van der Waals surface area contributed by atoms with E-state index in [4.69, 9.17) is 27.9 Å². The second-order valence-electron chi connectivity index (χ2n) is 3.61. The Hall–Kier alpha value is -0.440. The van der Waals surface area contributed by atoms with Crippen molar-refractivity contribution in [2.24, 2.45) is 0 Å². The lowest BCUT2D eigenvalue weighted by molar-refractivity contribution is 0.415. The molecule has 0 radical (unpaired) electrons. The van der Waals surface area contributed by atoms with Crippen molar-refractivity contribution in [2.45, 2.75) is 26.3 Å². The van der Waals surface area contributed by atoms with Gasteiger partial charge in [-0.25, -0.2) is 0 Å². The molecule has 0 amide bonds. The van der Waals surface area contributed by atoms with Gasteiger partial charge in [0.2, 0.25) is 0 Å². The molecule has 16 heavy (non-hydrogen) atoms. The van der Waals surface area contributed by atoms with Crippen LogP contribution in [0.3, 0.4) is 0 Å². The molecule has 0 aliphatic rings. The van der Waals surface area contributed by atoms with E-state index in [2.05, 4.69) is 12.2 Å². The van der Waals surface area contributed by atoms with E-state index in [1.807, 2.05) is 6.07 Å². The number of nitrogens with one attached hydrogen (secondary N) is 1. The van der Waals surface area contributed by atoms with E-state index < -0.39 is 0 Å². The molecule has 2 nitrogen and oxygen atoms in total. The quantitative estimate of drug-likeness (QED) is 0.785. The molecule has 1 N–H and O–H groups in total. The van der Waals surface area contributed by atoms with Crippen LogP contribution in [0.4, 0.5) is 0 Å². The van der Waals surface area contributed by atoms with Crippen LogP contribution in [-0.4, -0.2) is 13.7 Å². The Bertz CT molecular complexity index is 342. The van der Waals surface area contributed by atoms with Gasteiger partial charge in [-0.3, -0.25) is 0 Å². The van der Waals surface area contributed by atoms with Crippen molar-refractivity contribution in [3.8, 4) is 5.75 Å². The van der Waals surface area contributed by atoms with Gasteiger partial charge in [0.15, 0.2) is 0 Å². The van der Waals surface area contributed by atoms with Gasteiger partial charge in [-0.2, -0.15) is 0 Å². The van der Waals surface area contributed by atoms with Crippen LogP contribution in [0.2, 0.25) is 10.0 Å². The van der Waals surface area contributed by atoms with Crippen molar-refractivity contribution in [3.63, 3.8) is 0 Å². The Balaban J connectivity index is 2.63. The van der Waals surface area contributed by atoms with Crippen LogP contribution >= 0.6 is 23.2 Å². The minimum absolute atomic E-state index is 0.596. The zero-order chi connectivity index (χ0) is 12.0. The lowest BCUT2D eigenvalue weighted by Gasteiger charge is -2.09. The van der Waals surface area contributed by atoms with E-state index in [0.29, 0.717) is 15.8 Å². The highest BCUT2D eigenvalue weighted by Gasteiger charge is 2.07. The third-order valence-electron chi connectivity index (χ3n) is 2.34. The smallest absolute Gasteiger partial charge is 0.138 e. The summed E-state index contributed by atoms with van der Waals surface area (Å²) in [5.41, 5.74) is 1.00. The maximum absolute atomic E-state index is 6.11. The largest absolute Gasteiger partial charge is 0.495 e. The number of unbranched alkanes of at least 4 members (excludes halogenated alkanes) is 1. The lowest BCUT2D eigenvalue weighted by Crippen LogP contribution is -2.14. The van der Waals surface area contributed by atoms with Crippen LogP contribution in [0.15, 0.2) is 12.1 Å². The van der Waals surface area contributed by atoms with E-state index in [-0.39, 0.29) is 0 Å². The van der Waals surface area contributed by atoms with E-state index in [0.717, 1.165) is 18.7 Å². The van der Waals surface area contributed by atoms with Gasteiger partial charge in [-0.1, -0.05) is 36.5 Å². The van der Waals surface area contributed by atoms with Gasteiger partial charge in [0.05, 0.1) is 12.1 Å². The van der Waals surface area contributed by atoms with Crippen molar-refractivity contribution < 1.29 is 4.74 Å². The Morgan fingerprint density at radius 3 is 2.62 bits per heavy atom. The van der Waals surface area contributed by atoms with E-state index in [9.17, 15) is 0 Å². The molecule has 1 aromatic rings. The average Bonchev–Trinajstić information content (AvgIpc) is 2.28. The fourth-order valence-corrected chi connectivity index (χ4v) is 1.87. The topological polar surface area (TPSA) is 21.3 Å². The molecule has 1 aromatic carbocycles. The molecule has 0 atom stereocenters. The first-order valence-electron chi connectivity index (χ1n) is 5.41. The molecule has 0 heterocycles. The summed E-state index contributed by atoms with van der Waals surface area (Å²) in [5.74, 6) is 0.615. The fraction of sp³-hybridized carbons (Fsp3) is 0.500. The molecule has 90 valence electrons. The van der Waals surface area contributed by atoms with Crippen LogP contribution in [-0.2, 0) is 6.54 Å². The van der Waals surface area contributed by atoms with Gasteiger partial charge in [-0.05, 0) is 24.6 Å². The van der Waals surface area contributed by atoms with E-state index in [1.165, 1.54) is 12.8 Å². The minimum Gasteiger partial charge on any atom is -0.495 e. The summed E-state index contributed by atoms with van der Waals surface area (Å²) in [6, 6.07) is 3.60. The van der Waals surface area contributed by atoms with Gasteiger partial charge >= 0.3 is 0 Å². The van der Waals surface area contributed by atoms with Gasteiger partial charge in [-0.15, -0.1) is 0 Å². The van der Waals surface area contributed by atoms with Crippen LogP contribution in [0, 0.1) is 0 Å². The summed E-state index contributed by atoms with van der Waals surface area (Å²) in [6.45, 7) is 3.90. The first-order valence-corrected chi connectivity index (χ1v) is 6.17. The Kier molecular flexibility index (Phi) is 5.96. The summed E-state index contributed by atoms with van der Waals surface area (Å²) in [4.78, 5) is 0. The predicted molar refractivity (Wildman–Crippen MR) is 69.6 cm³/mol. The van der Waals surface area contributed by atoms with Gasteiger partial charge in [0, 0.05) is 17.6 Å². The molecule has 4 heteroatoms. The molecule has 0 aliphatic carbocycles. The van der Waals surface area contributed by atoms with Crippen LogP contribution in [0.5, 0.6) is 5.75 Å². The molecule has 0 saturated heterocycles. The predicted octanol–water partition coefficient (Wildman–Crippen LogP) is 3.89. The van der Waals surface area contributed by atoms with Crippen molar-refractivity contribution in [3.05, 3.63) is 27.7 Å². The highest BCUT2D eigenvalue weighted by molar-refractivity contribution is 6.34. The molecule has 0 aliphatic heterocycles. The Labute approximate surface area is 107 Å². The van der Waals surface area contributed by atoms with Gasteiger partial charge in [0.1, 0.15) is 5.75 Å². The first-order chi connectivity index (χ1) is 7.69. The molecule has 0 spiro atoms. The van der Waals surface area contributed by atoms with Gasteiger partial charge < -0.3 is 10.1 Å². The number of hydrogen-bond donors (Lipinski definition) is 1. The second-order valence-corrected chi connectivity index (χ2v) is 4.42. The zero-order valence-electron chi connectivity index (χ0n) is 9.65. The summed E-state index contributed by atoms with van der Waals surface area (Å²) < 4.78 is 5.09. The zero-order valence-corrected chi connectivity index (χ0v) is 11.2. The minimum atomic E-state index is 0.596. The summed E-state index contributed by atoms with van der Waals surface area (Å²) in [7, 11) is 1.58. The number of methoxy groups -OCH3 is 1. The van der Waals surface area contributed by atoms with Crippen molar-refractivity contribution in [1.82, 2.24) is 5.32 Å². The molecule has 1 rings (SSSR count). The number of hydrogen-bond acceptors (Lipinski definition) is 2. The van der Waals surface area contributed by atoms with Crippen LogP contribution in [0.25, 0.3) is 0 Å². The summed E-state index contributed by atoms with van der Waals surface area (Å²) in [6.07, 6.45) is 2.35. The standard InChI is InChI=1S/C12H17Cl2NO/c1-3-4-5-15-8-9-6-11(14)12(16-2)7-10(9)13/h6-7,15H,3-5,8H2,1-2H3. The maximum Gasteiger partial charge on any atom is 0.138 e. The van der Waals surface area contributed by atoms with Crippen molar-refractivity contribution in [1.29, 1.82) is 0 Å². The summed E-state index contributed by atoms with van der Waals surface area (Å²) in [5, 5.41) is 4.61. The van der Waals surface area contributed by atoms with Crippen molar-refractivity contribution in [2.75, 3.05) is 13.7 Å². The number of ether oxygens (including phenoxy) is 1. The third-order valence-corrected chi connectivity index (χ3v) is 2.99. The number of halogens is 2. The van der Waals surface area contributed by atoms with Crippen LogP contribution in [0.1, 0.15) is 25.3 Å². The highest BCUT2D eigenvalue weighted by atomic mass is 35.5. The second kappa shape index (κ2) is 7.00. The number of benzene rings is 1. The fourth-order valence-electron chi connectivity index (χ4n) is 1.39. The SMILES string of the molecule is CCCCNCc1cc(Cl)c(OC)cc1Cl. The first kappa shape index (κ1) is 13.6. The van der Waals surface area contributed by atoms with Gasteiger partial charge in [0.25, 0.3) is 0 Å². The Morgan fingerprint density at radius 2 is 2.00 bits per heavy atom. The molecule has 0 aromatic heterocycles. The van der Waals surface area contributed by atoms with Crippen LogP contribution < -0.4 is 10.1 Å². The molecule has 0 fully saturated rings. The monoisotopic (exact) mass is 261 g/mol. The molecule has 0 saturated carbocycles. The highest BCUT2D eigenvalue weighted by Crippen LogP contribution is 2.30. The van der Waals surface area contributed by atoms with E-state index >= 15 is 0 Å². The third kappa shape index (κ3) is 3.85. The normalized spacial score (nSPS) is 10.5. The summed E-state index contributed by atoms with van der Waals surface area (Å²) >= 11 is 12.1. The maximum atomic E-state index is 6.11. The number of rotatable bonds is 6. The van der Waals surface area contributed by atoms with Crippen molar-refractivity contribution >= 4 is 23.2 Å². The molecule has 0 bridgehead atoms. The molecule has 0 unspecified atom stereocenters. The average molecular weight is 262 g/mol. The Morgan fingerprint density at radius 1 is 1.25 bits per heavy atom.